The van der Waals surface area contributed by atoms with E-state index in [1.807, 2.05) is 56.3 Å². The first-order valence-corrected chi connectivity index (χ1v) is 8.64. The van der Waals surface area contributed by atoms with Gasteiger partial charge in [-0.2, -0.15) is 0 Å². The van der Waals surface area contributed by atoms with E-state index >= 15 is 0 Å². The molecule has 0 bridgehead atoms. The first kappa shape index (κ1) is 17.7. The molecule has 5 nitrogen and oxygen atoms in total. The fourth-order valence-electron chi connectivity index (χ4n) is 3.20. The normalized spacial score (nSPS) is 12.0. The van der Waals surface area contributed by atoms with Crippen LogP contribution in [0.25, 0.3) is 10.9 Å². The third-order valence-corrected chi connectivity index (χ3v) is 4.47. The van der Waals surface area contributed by atoms with Crippen molar-refractivity contribution in [3.8, 4) is 0 Å². The molecule has 1 heterocycles. The summed E-state index contributed by atoms with van der Waals surface area (Å²) in [5.74, 6) is -0.506. The molecule has 3 N–H and O–H groups in total. The number of carbonyl (C=O) groups excluding carboxylic acids is 2. The molecule has 2 aromatic carbocycles. The Hall–Kier alpha value is -3.08. The fraction of sp³-hybridized carbons (Fsp3) is 0.238. The van der Waals surface area contributed by atoms with Gasteiger partial charge in [0, 0.05) is 24.4 Å². The van der Waals surface area contributed by atoms with Crippen molar-refractivity contribution in [3.63, 3.8) is 0 Å². The third-order valence-electron chi connectivity index (χ3n) is 4.47. The number of rotatable bonds is 5. The topological polar surface area (TPSA) is 74.0 Å². The van der Waals surface area contributed by atoms with Crippen LogP contribution in [0.1, 0.15) is 27.2 Å². The van der Waals surface area contributed by atoms with Crippen molar-refractivity contribution >= 4 is 22.7 Å². The van der Waals surface area contributed by atoms with Crippen LogP contribution in [0.15, 0.2) is 48.5 Å². The largest absolute Gasteiger partial charge is 0.357 e. The van der Waals surface area contributed by atoms with Crippen LogP contribution in [-0.2, 0) is 11.2 Å². The average Bonchev–Trinajstić information content (AvgIpc) is 3.06. The summed E-state index contributed by atoms with van der Waals surface area (Å²) in [7, 11) is 1.57. The predicted molar refractivity (Wildman–Crippen MR) is 103 cm³/mol. The number of nitrogens with one attached hydrogen (secondary N) is 3. The summed E-state index contributed by atoms with van der Waals surface area (Å²) in [5.41, 5.74) is 4.62. The number of hydrogen-bond donors (Lipinski definition) is 3. The van der Waals surface area contributed by atoms with E-state index in [2.05, 4.69) is 21.7 Å². The molecule has 3 aromatic rings. The Morgan fingerprint density at radius 1 is 1.08 bits per heavy atom. The number of fused-ring (bicyclic) bond motifs is 1. The van der Waals surface area contributed by atoms with Gasteiger partial charge < -0.3 is 15.6 Å². The number of amides is 2. The van der Waals surface area contributed by atoms with E-state index in [0.29, 0.717) is 12.1 Å². The van der Waals surface area contributed by atoms with E-state index in [0.717, 1.165) is 27.6 Å². The highest BCUT2D eigenvalue weighted by Gasteiger charge is 2.22. The number of likely N-dealkylation sites (N-methyl/N-ethyl adjacent to an activating group) is 1. The average molecular weight is 349 g/mol. The molecule has 0 radical (unpaired) electrons. The van der Waals surface area contributed by atoms with Gasteiger partial charge in [0.1, 0.15) is 11.7 Å². The maximum absolute atomic E-state index is 12.7. The lowest BCUT2D eigenvalue weighted by Crippen LogP contribution is -2.47. The van der Waals surface area contributed by atoms with Crippen molar-refractivity contribution in [1.29, 1.82) is 0 Å². The lowest BCUT2D eigenvalue weighted by molar-refractivity contribution is -0.122. The molecule has 1 aromatic heterocycles. The molecule has 26 heavy (non-hydrogen) atoms. The Kier molecular flexibility index (Phi) is 5.07. The lowest BCUT2D eigenvalue weighted by Gasteiger charge is -2.17. The number of aromatic amines is 1. The van der Waals surface area contributed by atoms with Gasteiger partial charge in [0.2, 0.25) is 5.91 Å². The molecule has 0 spiro atoms. The summed E-state index contributed by atoms with van der Waals surface area (Å²) in [6.07, 6.45) is 0.435. The van der Waals surface area contributed by atoms with Gasteiger partial charge in [0.25, 0.3) is 5.91 Å². The van der Waals surface area contributed by atoms with Crippen molar-refractivity contribution in [2.75, 3.05) is 7.05 Å². The van der Waals surface area contributed by atoms with Gasteiger partial charge in [-0.1, -0.05) is 42.0 Å². The minimum absolute atomic E-state index is 0.217. The molecule has 0 aliphatic heterocycles. The standard InChI is InChI=1S/C21H23N3O2/c1-13-9-14(2)19-16(10-13)12-18(23-19)21(26)24-17(20(25)22-3)11-15-7-5-4-6-8-15/h4-10,12,17,23H,11H2,1-3H3,(H,22,25)(H,24,26). The van der Waals surface area contributed by atoms with Crippen molar-refractivity contribution in [2.45, 2.75) is 26.3 Å². The quantitative estimate of drug-likeness (QED) is 0.663. The highest BCUT2D eigenvalue weighted by molar-refractivity contribution is 6.00. The molecule has 0 saturated heterocycles. The number of benzene rings is 2. The Morgan fingerprint density at radius 2 is 1.81 bits per heavy atom. The van der Waals surface area contributed by atoms with E-state index < -0.39 is 6.04 Å². The van der Waals surface area contributed by atoms with Crippen molar-refractivity contribution < 1.29 is 9.59 Å². The molecule has 5 heteroatoms. The van der Waals surface area contributed by atoms with Crippen LogP contribution >= 0.6 is 0 Å². The first-order chi connectivity index (χ1) is 12.5. The van der Waals surface area contributed by atoms with Crippen LogP contribution in [0, 0.1) is 13.8 Å². The van der Waals surface area contributed by atoms with Crippen LogP contribution in [-0.4, -0.2) is 29.9 Å². The van der Waals surface area contributed by atoms with Crippen LogP contribution in [0.2, 0.25) is 0 Å². The Balaban J connectivity index is 1.83. The fourth-order valence-corrected chi connectivity index (χ4v) is 3.20. The number of aryl methyl sites for hydroxylation is 2. The van der Waals surface area contributed by atoms with Crippen LogP contribution in [0.3, 0.4) is 0 Å². The van der Waals surface area contributed by atoms with Gasteiger partial charge in [-0.05, 0) is 37.1 Å². The van der Waals surface area contributed by atoms with Gasteiger partial charge in [0.05, 0.1) is 0 Å². The maximum atomic E-state index is 12.7. The molecule has 0 fully saturated rings. The minimum atomic E-state index is -0.635. The zero-order valence-corrected chi connectivity index (χ0v) is 15.2. The van der Waals surface area contributed by atoms with Gasteiger partial charge in [-0.25, -0.2) is 0 Å². The summed E-state index contributed by atoms with van der Waals surface area (Å²) >= 11 is 0. The minimum Gasteiger partial charge on any atom is -0.357 e. The van der Waals surface area contributed by atoms with Crippen molar-refractivity contribution in [3.05, 3.63) is 70.9 Å². The zero-order chi connectivity index (χ0) is 18.7. The highest BCUT2D eigenvalue weighted by Crippen LogP contribution is 2.21. The second kappa shape index (κ2) is 7.44. The molecule has 2 amide bonds. The number of hydrogen-bond acceptors (Lipinski definition) is 2. The summed E-state index contributed by atoms with van der Waals surface area (Å²) in [6, 6.07) is 14.9. The van der Waals surface area contributed by atoms with E-state index in [4.69, 9.17) is 0 Å². The maximum Gasteiger partial charge on any atom is 0.268 e. The Labute approximate surface area is 152 Å². The monoisotopic (exact) mass is 349 g/mol. The zero-order valence-electron chi connectivity index (χ0n) is 15.2. The smallest absolute Gasteiger partial charge is 0.268 e. The molecular formula is C21H23N3O2. The summed E-state index contributed by atoms with van der Waals surface area (Å²) in [6.45, 7) is 4.04. The van der Waals surface area contributed by atoms with Crippen molar-refractivity contribution in [2.24, 2.45) is 0 Å². The molecule has 0 aliphatic rings. The van der Waals surface area contributed by atoms with Gasteiger partial charge >= 0.3 is 0 Å². The van der Waals surface area contributed by atoms with Crippen LogP contribution in [0.5, 0.6) is 0 Å². The van der Waals surface area contributed by atoms with Crippen LogP contribution in [0.4, 0.5) is 0 Å². The van der Waals surface area contributed by atoms with Gasteiger partial charge in [-0.3, -0.25) is 9.59 Å². The van der Waals surface area contributed by atoms with E-state index in [1.54, 1.807) is 7.05 Å². The molecule has 1 atom stereocenters. The molecule has 0 aliphatic carbocycles. The molecule has 3 rings (SSSR count). The molecule has 134 valence electrons. The Bertz CT molecular complexity index is 945. The van der Waals surface area contributed by atoms with E-state index in [-0.39, 0.29) is 11.8 Å². The van der Waals surface area contributed by atoms with Crippen molar-refractivity contribution in [1.82, 2.24) is 15.6 Å². The summed E-state index contributed by atoms with van der Waals surface area (Å²) in [4.78, 5) is 28.1. The Morgan fingerprint density at radius 3 is 2.50 bits per heavy atom. The number of H-pyrrole nitrogens is 1. The third kappa shape index (κ3) is 3.77. The highest BCUT2D eigenvalue weighted by atomic mass is 16.2. The summed E-state index contributed by atoms with van der Waals surface area (Å²) in [5, 5.41) is 6.46. The number of carbonyl (C=O) groups is 2. The first-order valence-electron chi connectivity index (χ1n) is 8.64. The molecule has 1 unspecified atom stereocenters. The van der Waals surface area contributed by atoms with Crippen LogP contribution < -0.4 is 10.6 Å². The predicted octanol–water partition coefficient (Wildman–Crippen LogP) is 2.87. The lowest BCUT2D eigenvalue weighted by atomic mass is 10.1. The van der Waals surface area contributed by atoms with Gasteiger partial charge in [-0.15, -0.1) is 0 Å². The molecular weight excluding hydrogens is 326 g/mol. The second-order valence-electron chi connectivity index (χ2n) is 6.56. The molecule has 0 saturated carbocycles. The summed E-state index contributed by atoms with van der Waals surface area (Å²) < 4.78 is 0. The van der Waals surface area contributed by atoms with Gasteiger partial charge in [0.15, 0.2) is 0 Å². The van der Waals surface area contributed by atoms with E-state index in [9.17, 15) is 9.59 Å². The number of aromatic nitrogens is 1. The SMILES string of the molecule is CNC(=O)C(Cc1ccccc1)NC(=O)c1cc2cc(C)cc(C)c2[nH]1. The second-order valence-corrected chi connectivity index (χ2v) is 6.56. The van der Waals surface area contributed by atoms with E-state index in [1.165, 1.54) is 0 Å².